The Kier molecular flexibility index (Phi) is 5.55. The molecule has 4 rings (SSSR count). The van der Waals surface area contributed by atoms with E-state index in [1.807, 2.05) is 28.0 Å². The van der Waals surface area contributed by atoms with Gasteiger partial charge < -0.3 is 24.0 Å². The fraction of sp³-hybridized carbons (Fsp3) is 0.619. The van der Waals surface area contributed by atoms with Gasteiger partial charge in [-0.05, 0) is 25.5 Å². The second kappa shape index (κ2) is 7.97. The monoisotopic (exact) mass is 420 g/mol. The summed E-state index contributed by atoms with van der Waals surface area (Å²) in [5, 5.41) is 0. The number of hydrogen-bond acceptors (Lipinski definition) is 6. The van der Waals surface area contributed by atoms with Gasteiger partial charge in [0.1, 0.15) is 12.1 Å². The maximum absolute atomic E-state index is 13.1. The molecule has 3 saturated heterocycles. The minimum Gasteiger partial charge on any atom is -0.493 e. The molecule has 3 fully saturated rings. The SMILES string of the molecule is COc1cccc(OC)c1OC1CCN(C(=O)C2CSC3(C)CCC(=O)N23)CC1. The maximum atomic E-state index is 13.1. The smallest absolute Gasteiger partial charge is 0.246 e. The Hall–Kier alpha value is -2.09. The lowest BCUT2D eigenvalue weighted by Gasteiger charge is -2.36. The van der Waals surface area contributed by atoms with Gasteiger partial charge >= 0.3 is 0 Å². The third kappa shape index (κ3) is 3.63. The first kappa shape index (κ1) is 20.2. The second-order valence-electron chi connectivity index (χ2n) is 7.90. The molecule has 2 unspecified atom stereocenters. The highest BCUT2D eigenvalue weighted by Gasteiger charge is 2.53. The Morgan fingerprint density at radius 3 is 2.45 bits per heavy atom. The van der Waals surface area contributed by atoms with Crippen LogP contribution in [0.2, 0.25) is 0 Å². The summed E-state index contributed by atoms with van der Waals surface area (Å²) in [5.41, 5.74) is 0. The zero-order valence-corrected chi connectivity index (χ0v) is 18.0. The summed E-state index contributed by atoms with van der Waals surface area (Å²) in [5.74, 6) is 2.75. The standard InChI is InChI=1S/C21H28N2O5S/c1-21-10-7-18(24)23(21)15(13-29-21)20(25)22-11-8-14(9-12-22)28-19-16(26-2)5-4-6-17(19)27-3/h4-6,14-15H,7-13H2,1-3H3. The summed E-state index contributed by atoms with van der Waals surface area (Å²) in [6.45, 7) is 3.33. The van der Waals surface area contributed by atoms with Crippen LogP contribution >= 0.6 is 11.8 Å². The first-order chi connectivity index (χ1) is 14.0. The highest BCUT2D eigenvalue weighted by Crippen LogP contribution is 2.47. The molecule has 0 radical (unpaired) electrons. The summed E-state index contributed by atoms with van der Waals surface area (Å²) < 4.78 is 17.0. The van der Waals surface area contributed by atoms with Gasteiger partial charge in [0, 0.05) is 38.1 Å². The fourth-order valence-corrected chi connectivity index (χ4v) is 5.93. The molecule has 1 aromatic rings. The summed E-state index contributed by atoms with van der Waals surface area (Å²) >= 11 is 1.74. The van der Waals surface area contributed by atoms with Crippen LogP contribution in [0.4, 0.5) is 0 Å². The Bertz CT molecular complexity index is 773. The number of nitrogens with zero attached hydrogens (tertiary/aromatic N) is 2. The van der Waals surface area contributed by atoms with Crippen LogP contribution in [0, 0.1) is 0 Å². The van der Waals surface area contributed by atoms with E-state index >= 15 is 0 Å². The van der Waals surface area contributed by atoms with Crippen LogP contribution < -0.4 is 14.2 Å². The minimum absolute atomic E-state index is 0.0131. The largest absolute Gasteiger partial charge is 0.493 e. The zero-order valence-electron chi connectivity index (χ0n) is 17.2. The van der Waals surface area contributed by atoms with E-state index < -0.39 is 0 Å². The number of fused-ring (bicyclic) bond motifs is 1. The van der Waals surface area contributed by atoms with Crippen molar-refractivity contribution in [2.75, 3.05) is 33.1 Å². The molecule has 1 aromatic carbocycles. The summed E-state index contributed by atoms with van der Waals surface area (Å²) in [6.07, 6.45) is 2.83. The molecule has 2 amide bonds. The highest BCUT2D eigenvalue weighted by molar-refractivity contribution is 8.01. The molecule has 29 heavy (non-hydrogen) atoms. The van der Waals surface area contributed by atoms with E-state index in [1.165, 1.54) is 0 Å². The number of amides is 2. The Labute approximate surface area is 175 Å². The van der Waals surface area contributed by atoms with Gasteiger partial charge in [-0.2, -0.15) is 0 Å². The second-order valence-corrected chi connectivity index (χ2v) is 9.40. The lowest BCUT2D eigenvalue weighted by Crippen LogP contribution is -2.53. The molecule has 7 nitrogen and oxygen atoms in total. The minimum atomic E-state index is -0.327. The van der Waals surface area contributed by atoms with Gasteiger partial charge in [-0.25, -0.2) is 0 Å². The number of para-hydroxylation sites is 1. The summed E-state index contributed by atoms with van der Waals surface area (Å²) in [6, 6.07) is 5.22. The molecule has 3 aliphatic heterocycles. The zero-order chi connectivity index (χ0) is 20.6. The summed E-state index contributed by atoms with van der Waals surface area (Å²) in [4.78, 5) is 29.0. The number of methoxy groups -OCH3 is 2. The van der Waals surface area contributed by atoms with E-state index in [0.29, 0.717) is 42.5 Å². The number of piperidine rings is 1. The van der Waals surface area contributed by atoms with Gasteiger partial charge in [0.05, 0.1) is 19.1 Å². The first-order valence-electron chi connectivity index (χ1n) is 10.1. The Morgan fingerprint density at radius 2 is 1.83 bits per heavy atom. The predicted molar refractivity (Wildman–Crippen MR) is 111 cm³/mol. The highest BCUT2D eigenvalue weighted by atomic mass is 32.2. The number of carbonyl (C=O) groups is 2. The van der Waals surface area contributed by atoms with Crippen molar-refractivity contribution in [2.45, 2.75) is 49.6 Å². The number of ether oxygens (including phenoxy) is 3. The van der Waals surface area contributed by atoms with Crippen LogP contribution in [0.5, 0.6) is 17.2 Å². The molecule has 2 atom stereocenters. The van der Waals surface area contributed by atoms with Gasteiger partial charge in [0.2, 0.25) is 17.6 Å². The van der Waals surface area contributed by atoms with Crippen molar-refractivity contribution in [2.24, 2.45) is 0 Å². The molecule has 3 aliphatic rings. The van der Waals surface area contributed by atoms with Gasteiger partial charge in [-0.3, -0.25) is 9.59 Å². The van der Waals surface area contributed by atoms with Crippen LogP contribution in [0.25, 0.3) is 0 Å². The molecule has 0 aliphatic carbocycles. The number of thioether (sulfide) groups is 1. The van der Waals surface area contributed by atoms with Crippen LogP contribution in [0.3, 0.4) is 0 Å². The van der Waals surface area contributed by atoms with E-state index in [4.69, 9.17) is 14.2 Å². The van der Waals surface area contributed by atoms with Gasteiger partial charge in [-0.1, -0.05) is 6.07 Å². The molecular weight excluding hydrogens is 392 g/mol. The molecule has 0 bridgehead atoms. The van der Waals surface area contributed by atoms with Crippen molar-refractivity contribution in [3.8, 4) is 17.2 Å². The number of hydrogen-bond donors (Lipinski definition) is 0. The van der Waals surface area contributed by atoms with Crippen LogP contribution in [0.1, 0.15) is 32.6 Å². The average Bonchev–Trinajstić information content (AvgIpc) is 3.24. The van der Waals surface area contributed by atoms with Crippen molar-refractivity contribution in [3.63, 3.8) is 0 Å². The van der Waals surface area contributed by atoms with Crippen LogP contribution in [-0.4, -0.2) is 71.7 Å². The molecule has 3 heterocycles. The molecule has 0 saturated carbocycles. The number of likely N-dealkylation sites (tertiary alicyclic amines) is 1. The molecule has 0 spiro atoms. The molecule has 8 heteroatoms. The molecular formula is C21H28N2O5S. The Balaban J connectivity index is 1.38. The van der Waals surface area contributed by atoms with Crippen LogP contribution in [0.15, 0.2) is 18.2 Å². The van der Waals surface area contributed by atoms with Crippen molar-refractivity contribution in [1.29, 1.82) is 0 Å². The molecule has 158 valence electrons. The van der Waals surface area contributed by atoms with E-state index in [0.717, 1.165) is 19.3 Å². The first-order valence-corrected chi connectivity index (χ1v) is 11.1. The predicted octanol–water partition coefficient (Wildman–Crippen LogP) is 2.53. The Morgan fingerprint density at radius 1 is 1.17 bits per heavy atom. The number of carbonyl (C=O) groups excluding carboxylic acids is 2. The maximum Gasteiger partial charge on any atom is 0.246 e. The van der Waals surface area contributed by atoms with Crippen molar-refractivity contribution >= 4 is 23.6 Å². The van der Waals surface area contributed by atoms with Gasteiger partial charge in [0.15, 0.2) is 11.5 Å². The quantitative estimate of drug-likeness (QED) is 0.729. The van der Waals surface area contributed by atoms with Gasteiger partial charge in [-0.15, -0.1) is 11.8 Å². The van der Waals surface area contributed by atoms with Crippen molar-refractivity contribution in [3.05, 3.63) is 18.2 Å². The number of benzene rings is 1. The fourth-order valence-electron chi connectivity index (χ4n) is 4.51. The van der Waals surface area contributed by atoms with Crippen molar-refractivity contribution in [1.82, 2.24) is 9.80 Å². The van der Waals surface area contributed by atoms with Crippen molar-refractivity contribution < 1.29 is 23.8 Å². The van der Waals surface area contributed by atoms with E-state index in [9.17, 15) is 9.59 Å². The molecule has 0 aromatic heterocycles. The third-order valence-corrected chi connectivity index (χ3v) is 7.66. The third-order valence-electron chi connectivity index (χ3n) is 6.15. The van der Waals surface area contributed by atoms with Crippen LogP contribution in [-0.2, 0) is 9.59 Å². The van der Waals surface area contributed by atoms with Gasteiger partial charge in [0.25, 0.3) is 0 Å². The lowest BCUT2D eigenvalue weighted by atomic mass is 10.1. The lowest BCUT2D eigenvalue weighted by molar-refractivity contribution is -0.144. The average molecular weight is 421 g/mol. The van der Waals surface area contributed by atoms with E-state index in [-0.39, 0.29) is 28.8 Å². The van der Waals surface area contributed by atoms with E-state index in [1.54, 1.807) is 26.0 Å². The molecule has 0 N–H and O–H groups in total. The normalized spacial score (nSPS) is 27.1. The van der Waals surface area contributed by atoms with E-state index in [2.05, 4.69) is 6.92 Å². The topological polar surface area (TPSA) is 68.3 Å². The number of rotatable bonds is 5. The summed E-state index contributed by atoms with van der Waals surface area (Å²) in [7, 11) is 3.21.